The largest absolute Gasteiger partial charge is 0.464 e. The molecular formula is C13H18N2O2. The van der Waals surface area contributed by atoms with Crippen molar-refractivity contribution in [2.45, 2.75) is 25.4 Å². The van der Waals surface area contributed by atoms with E-state index in [9.17, 15) is 4.79 Å². The van der Waals surface area contributed by atoms with Gasteiger partial charge in [-0.05, 0) is 31.7 Å². The third kappa shape index (κ3) is 2.42. The zero-order valence-corrected chi connectivity index (χ0v) is 10.2. The molecule has 0 spiro atoms. The molecule has 0 radical (unpaired) electrons. The second-order valence-corrected chi connectivity index (χ2v) is 4.48. The minimum absolute atomic E-state index is 0.122. The molecule has 0 saturated carbocycles. The monoisotopic (exact) mass is 234 g/mol. The molecule has 0 aliphatic carbocycles. The Morgan fingerprint density at radius 3 is 2.88 bits per heavy atom. The van der Waals surface area contributed by atoms with Gasteiger partial charge in [-0.2, -0.15) is 0 Å². The molecule has 4 heteroatoms. The van der Waals surface area contributed by atoms with Gasteiger partial charge in [0, 0.05) is 18.2 Å². The third-order valence-electron chi connectivity index (χ3n) is 3.40. The fraction of sp³-hybridized carbons (Fsp3) is 0.462. The van der Waals surface area contributed by atoms with E-state index in [4.69, 9.17) is 10.5 Å². The fourth-order valence-corrected chi connectivity index (χ4v) is 2.18. The molecular weight excluding hydrogens is 216 g/mol. The molecule has 92 valence electrons. The van der Waals surface area contributed by atoms with Crippen molar-refractivity contribution in [1.82, 2.24) is 4.90 Å². The van der Waals surface area contributed by atoms with E-state index in [0.717, 1.165) is 17.7 Å². The first kappa shape index (κ1) is 11.9. The minimum atomic E-state index is -0.133. The third-order valence-corrected chi connectivity index (χ3v) is 3.40. The smallest absolute Gasteiger partial charge is 0.323 e. The zero-order valence-electron chi connectivity index (χ0n) is 10.2. The van der Waals surface area contributed by atoms with Gasteiger partial charge in [-0.25, -0.2) is 0 Å². The Labute approximate surface area is 101 Å². The van der Waals surface area contributed by atoms with E-state index in [1.54, 1.807) is 0 Å². The lowest BCUT2D eigenvalue weighted by atomic mass is 10.0. The Morgan fingerprint density at radius 1 is 1.53 bits per heavy atom. The maximum absolute atomic E-state index is 11.5. The van der Waals surface area contributed by atoms with Crippen LogP contribution in [0.1, 0.15) is 24.9 Å². The van der Waals surface area contributed by atoms with E-state index in [1.165, 1.54) is 0 Å². The summed E-state index contributed by atoms with van der Waals surface area (Å²) in [6.07, 6.45) is 0.766. The first-order chi connectivity index (χ1) is 8.09. The van der Waals surface area contributed by atoms with Crippen molar-refractivity contribution >= 4 is 11.7 Å². The van der Waals surface area contributed by atoms with Crippen LogP contribution in [0.2, 0.25) is 0 Å². The maximum Gasteiger partial charge on any atom is 0.323 e. The zero-order chi connectivity index (χ0) is 12.4. The number of carbonyl (C=O) groups is 1. The van der Waals surface area contributed by atoms with Crippen LogP contribution in [0.5, 0.6) is 0 Å². The molecule has 1 fully saturated rings. The number of carbonyl (C=O) groups excluding carboxylic acids is 1. The number of esters is 1. The first-order valence-corrected chi connectivity index (χ1v) is 5.83. The summed E-state index contributed by atoms with van der Waals surface area (Å²) in [6, 6.07) is 7.78. The van der Waals surface area contributed by atoms with Gasteiger partial charge in [0.2, 0.25) is 0 Å². The average Bonchev–Trinajstić information content (AvgIpc) is 2.73. The molecule has 0 aromatic heterocycles. The van der Waals surface area contributed by atoms with E-state index in [2.05, 4.69) is 6.92 Å². The summed E-state index contributed by atoms with van der Waals surface area (Å²) in [5.41, 5.74) is 7.63. The molecule has 1 aliphatic rings. The number of hydrogen-bond donors (Lipinski definition) is 1. The van der Waals surface area contributed by atoms with Gasteiger partial charge >= 0.3 is 5.97 Å². The fourth-order valence-electron chi connectivity index (χ4n) is 2.18. The standard InChI is InChI=1S/C13H18N2O2/c1-9(10-4-3-5-11(14)8-10)15(2)12-6-7-17-13(12)16/h3-5,8-9,12H,6-7,14H2,1-2H3. The number of anilines is 1. The van der Waals surface area contributed by atoms with Gasteiger partial charge in [0.25, 0.3) is 0 Å². The predicted octanol–water partition coefficient (Wildman–Crippen LogP) is 1.58. The molecule has 2 unspecified atom stereocenters. The van der Waals surface area contributed by atoms with Gasteiger partial charge in [0.1, 0.15) is 6.04 Å². The van der Waals surface area contributed by atoms with Gasteiger partial charge in [-0.15, -0.1) is 0 Å². The normalized spacial score (nSPS) is 21.6. The molecule has 2 atom stereocenters. The van der Waals surface area contributed by atoms with Gasteiger partial charge in [0.05, 0.1) is 6.61 Å². The summed E-state index contributed by atoms with van der Waals surface area (Å²) < 4.78 is 4.99. The van der Waals surface area contributed by atoms with Crippen LogP contribution >= 0.6 is 0 Å². The number of benzene rings is 1. The Bertz CT molecular complexity index is 420. The molecule has 1 aliphatic heterocycles. The van der Waals surface area contributed by atoms with Gasteiger partial charge in [0.15, 0.2) is 0 Å². The highest BCUT2D eigenvalue weighted by atomic mass is 16.5. The second kappa shape index (κ2) is 4.75. The number of nitrogens with zero attached hydrogens (tertiary/aromatic N) is 1. The van der Waals surface area contributed by atoms with E-state index in [-0.39, 0.29) is 18.1 Å². The highest BCUT2D eigenvalue weighted by Gasteiger charge is 2.32. The SMILES string of the molecule is CC(c1cccc(N)c1)N(C)C1CCOC1=O. The molecule has 0 amide bonds. The Morgan fingerprint density at radius 2 is 2.29 bits per heavy atom. The molecule has 2 N–H and O–H groups in total. The lowest BCUT2D eigenvalue weighted by Gasteiger charge is -2.28. The Balaban J connectivity index is 2.14. The van der Waals surface area contributed by atoms with Crippen LogP contribution in [0.4, 0.5) is 5.69 Å². The Hall–Kier alpha value is -1.55. The molecule has 1 aromatic carbocycles. The number of ether oxygens (including phenoxy) is 1. The number of rotatable bonds is 3. The number of likely N-dealkylation sites (N-methyl/N-ethyl adjacent to an activating group) is 1. The van der Waals surface area contributed by atoms with E-state index < -0.39 is 0 Å². The van der Waals surface area contributed by atoms with E-state index in [0.29, 0.717) is 6.61 Å². The van der Waals surface area contributed by atoms with Crippen molar-refractivity contribution in [2.75, 3.05) is 19.4 Å². The van der Waals surface area contributed by atoms with Crippen molar-refractivity contribution < 1.29 is 9.53 Å². The summed E-state index contributed by atoms with van der Waals surface area (Å²) in [4.78, 5) is 13.6. The van der Waals surface area contributed by atoms with Crippen LogP contribution in [-0.4, -0.2) is 30.6 Å². The molecule has 1 heterocycles. The highest BCUT2D eigenvalue weighted by Crippen LogP contribution is 2.25. The Kier molecular flexibility index (Phi) is 3.33. The average molecular weight is 234 g/mol. The van der Waals surface area contributed by atoms with Crippen molar-refractivity contribution in [3.05, 3.63) is 29.8 Å². The second-order valence-electron chi connectivity index (χ2n) is 4.48. The number of nitrogens with two attached hydrogens (primary N) is 1. The maximum atomic E-state index is 11.5. The molecule has 0 bridgehead atoms. The summed E-state index contributed by atoms with van der Waals surface area (Å²) in [7, 11) is 1.95. The summed E-state index contributed by atoms with van der Waals surface area (Å²) in [5.74, 6) is -0.122. The molecule has 17 heavy (non-hydrogen) atoms. The van der Waals surface area contributed by atoms with Crippen LogP contribution in [0.25, 0.3) is 0 Å². The summed E-state index contributed by atoms with van der Waals surface area (Å²) >= 11 is 0. The highest BCUT2D eigenvalue weighted by molar-refractivity contribution is 5.77. The quantitative estimate of drug-likeness (QED) is 0.637. The van der Waals surface area contributed by atoms with Gasteiger partial charge in [-0.3, -0.25) is 9.69 Å². The van der Waals surface area contributed by atoms with Crippen molar-refractivity contribution in [3.63, 3.8) is 0 Å². The topological polar surface area (TPSA) is 55.6 Å². The van der Waals surface area contributed by atoms with Crippen LogP contribution in [0.15, 0.2) is 24.3 Å². The van der Waals surface area contributed by atoms with E-state index >= 15 is 0 Å². The van der Waals surface area contributed by atoms with Crippen molar-refractivity contribution in [2.24, 2.45) is 0 Å². The molecule has 2 rings (SSSR count). The molecule has 1 saturated heterocycles. The van der Waals surface area contributed by atoms with Crippen LogP contribution in [0.3, 0.4) is 0 Å². The van der Waals surface area contributed by atoms with Gasteiger partial charge in [-0.1, -0.05) is 12.1 Å². The number of hydrogen-bond acceptors (Lipinski definition) is 4. The lowest BCUT2D eigenvalue weighted by molar-refractivity contribution is -0.142. The van der Waals surface area contributed by atoms with Gasteiger partial charge < -0.3 is 10.5 Å². The van der Waals surface area contributed by atoms with Crippen LogP contribution < -0.4 is 5.73 Å². The number of nitrogen functional groups attached to an aromatic ring is 1. The summed E-state index contributed by atoms with van der Waals surface area (Å²) in [6.45, 7) is 2.60. The van der Waals surface area contributed by atoms with Crippen molar-refractivity contribution in [1.29, 1.82) is 0 Å². The number of cyclic esters (lactones) is 1. The predicted molar refractivity (Wildman–Crippen MR) is 66.4 cm³/mol. The lowest BCUT2D eigenvalue weighted by Crippen LogP contribution is -2.37. The van der Waals surface area contributed by atoms with Crippen LogP contribution in [-0.2, 0) is 9.53 Å². The van der Waals surface area contributed by atoms with Crippen LogP contribution in [0, 0.1) is 0 Å². The molecule has 4 nitrogen and oxygen atoms in total. The minimum Gasteiger partial charge on any atom is -0.464 e. The van der Waals surface area contributed by atoms with Crippen molar-refractivity contribution in [3.8, 4) is 0 Å². The molecule has 1 aromatic rings. The van der Waals surface area contributed by atoms with E-state index in [1.807, 2.05) is 36.2 Å². The first-order valence-electron chi connectivity index (χ1n) is 5.83. The summed E-state index contributed by atoms with van der Waals surface area (Å²) in [5, 5.41) is 0.